The molecule has 0 unspecified atom stereocenters. The Balaban J connectivity index is 1.61. The minimum atomic E-state index is -0.650. The number of fused-ring (bicyclic) bond motifs is 1. The Bertz CT molecular complexity index is 894. The molecule has 1 saturated carbocycles. The molecule has 3 rings (SSSR count). The van der Waals surface area contributed by atoms with E-state index in [-0.39, 0.29) is 53.6 Å². The first kappa shape index (κ1) is 22.3. The number of nitrogens with one attached hydrogen (secondary N) is 1. The molecule has 2 aromatic rings. The maximum absolute atomic E-state index is 14.7. The van der Waals surface area contributed by atoms with Gasteiger partial charge in [-0.05, 0) is 39.5 Å². The fourth-order valence-corrected chi connectivity index (χ4v) is 3.76. The average Bonchev–Trinajstić information content (AvgIpc) is 3.02. The number of hydrogen-bond acceptors (Lipinski definition) is 5. The van der Waals surface area contributed by atoms with E-state index < -0.39 is 11.6 Å². The van der Waals surface area contributed by atoms with Crippen LogP contribution in [0.4, 0.5) is 8.78 Å². The Hall–Kier alpha value is -2.42. The van der Waals surface area contributed by atoms with Crippen molar-refractivity contribution in [1.82, 2.24) is 14.9 Å². The lowest BCUT2D eigenvalue weighted by molar-refractivity contribution is -0.120. The van der Waals surface area contributed by atoms with Crippen molar-refractivity contribution in [3.63, 3.8) is 0 Å². The molecule has 1 heterocycles. The Morgan fingerprint density at radius 2 is 1.97 bits per heavy atom. The average molecular weight is 425 g/mol. The highest BCUT2D eigenvalue weighted by atomic mass is 19.1. The largest absolute Gasteiger partial charge is 0.491 e. The van der Waals surface area contributed by atoms with Crippen molar-refractivity contribution in [2.75, 3.05) is 13.2 Å². The molecule has 7 nitrogen and oxygen atoms in total. The maximum atomic E-state index is 14.7. The van der Waals surface area contributed by atoms with E-state index in [1.54, 1.807) is 14.0 Å². The third-order valence-electron chi connectivity index (χ3n) is 5.19. The van der Waals surface area contributed by atoms with Gasteiger partial charge < -0.3 is 19.5 Å². The topological polar surface area (TPSA) is 74.6 Å². The standard InChI is InChI=1S/C21H29F2N3O4/c1-5-28-17-10-16(22)19-20(18(17)23)26(4)21(25-19)30-15-8-6-14(7-9-15)29-11-12(2)24-13(3)27/h10,12,14-15H,5-9,11H2,1-4H3,(H,24,27)/t12-,14?,15?/m0/s1. The second-order valence-electron chi connectivity index (χ2n) is 7.71. The van der Waals surface area contributed by atoms with Crippen LogP contribution in [0.1, 0.15) is 46.5 Å². The van der Waals surface area contributed by atoms with E-state index in [1.807, 2.05) is 6.92 Å². The predicted molar refractivity (Wildman–Crippen MR) is 108 cm³/mol. The summed E-state index contributed by atoms with van der Waals surface area (Å²) >= 11 is 0. The quantitative estimate of drug-likeness (QED) is 0.701. The molecule has 1 N–H and O–H groups in total. The fraction of sp³-hybridized carbons (Fsp3) is 0.619. The van der Waals surface area contributed by atoms with Gasteiger partial charge in [-0.3, -0.25) is 9.36 Å². The Kier molecular flexibility index (Phi) is 7.12. The van der Waals surface area contributed by atoms with E-state index in [1.165, 1.54) is 11.5 Å². The summed E-state index contributed by atoms with van der Waals surface area (Å²) in [5, 5.41) is 2.79. The Morgan fingerprint density at radius 3 is 2.60 bits per heavy atom. The smallest absolute Gasteiger partial charge is 0.297 e. The monoisotopic (exact) mass is 425 g/mol. The van der Waals surface area contributed by atoms with Gasteiger partial charge in [0.25, 0.3) is 6.01 Å². The minimum Gasteiger partial charge on any atom is -0.491 e. The molecule has 0 bridgehead atoms. The van der Waals surface area contributed by atoms with Crippen LogP contribution in [0.5, 0.6) is 11.8 Å². The molecule has 1 aromatic carbocycles. The zero-order valence-corrected chi connectivity index (χ0v) is 17.8. The van der Waals surface area contributed by atoms with Crippen molar-refractivity contribution in [3.05, 3.63) is 17.7 Å². The number of aromatic nitrogens is 2. The first-order valence-corrected chi connectivity index (χ1v) is 10.3. The van der Waals surface area contributed by atoms with E-state index in [0.717, 1.165) is 31.7 Å². The van der Waals surface area contributed by atoms with Crippen LogP contribution in [-0.4, -0.2) is 46.9 Å². The lowest BCUT2D eigenvalue weighted by Crippen LogP contribution is -2.37. The summed E-state index contributed by atoms with van der Waals surface area (Å²) in [7, 11) is 1.60. The van der Waals surface area contributed by atoms with Gasteiger partial charge in [0.1, 0.15) is 17.1 Å². The number of carbonyl (C=O) groups is 1. The van der Waals surface area contributed by atoms with Crippen LogP contribution in [0.25, 0.3) is 11.0 Å². The van der Waals surface area contributed by atoms with Gasteiger partial charge in [-0.25, -0.2) is 8.78 Å². The molecule has 166 valence electrons. The SMILES string of the molecule is CCOc1cc(F)c2nc(OC3CCC(OC[C@H](C)NC(C)=O)CC3)n(C)c2c1F. The van der Waals surface area contributed by atoms with Crippen LogP contribution in [-0.2, 0) is 16.6 Å². The molecule has 0 aliphatic heterocycles. The third-order valence-corrected chi connectivity index (χ3v) is 5.19. The molecule has 1 atom stereocenters. The highest BCUT2D eigenvalue weighted by molar-refractivity contribution is 5.80. The molecular formula is C21H29F2N3O4. The zero-order valence-electron chi connectivity index (χ0n) is 17.8. The first-order chi connectivity index (χ1) is 14.3. The number of hydrogen-bond donors (Lipinski definition) is 1. The maximum Gasteiger partial charge on any atom is 0.297 e. The fourth-order valence-electron chi connectivity index (χ4n) is 3.76. The lowest BCUT2D eigenvalue weighted by atomic mass is 9.95. The normalized spacial score (nSPS) is 20.2. The molecule has 9 heteroatoms. The van der Waals surface area contributed by atoms with Crippen LogP contribution < -0.4 is 14.8 Å². The number of aryl methyl sites for hydroxylation is 1. The van der Waals surface area contributed by atoms with Crippen LogP contribution in [0.15, 0.2) is 6.07 Å². The van der Waals surface area contributed by atoms with Gasteiger partial charge in [0.05, 0.1) is 19.3 Å². The predicted octanol–water partition coefficient (Wildman–Crippen LogP) is 3.48. The van der Waals surface area contributed by atoms with Crippen LogP contribution >= 0.6 is 0 Å². The summed E-state index contributed by atoms with van der Waals surface area (Å²) < 4.78 is 47.6. The van der Waals surface area contributed by atoms with Gasteiger partial charge in [0.15, 0.2) is 17.4 Å². The number of ether oxygens (including phenoxy) is 3. The number of imidazole rings is 1. The highest BCUT2D eigenvalue weighted by Crippen LogP contribution is 2.33. The second kappa shape index (κ2) is 9.59. The molecular weight excluding hydrogens is 396 g/mol. The molecule has 1 aliphatic carbocycles. The third kappa shape index (κ3) is 5.00. The molecule has 0 saturated heterocycles. The summed E-state index contributed by atoms with van der Waals surface area (Å²) in [5.41, 5.74) is -0.0464. The Morgan fingerprint density at radius 1 is 1.30 bits per heavy atom. The lowest BCUT2D eigenvalue weighted by Gasteiger charge is -2.29. The summed E-state index contributed by atoms with van der Waals surface area (Å²) in [6.45, 7) is 5.78. The van der Waals surface area contributed by atoms with Crippen LogP contribution in [0.3, 0.4) is 0 Å². The van der Waals surface area contributed by atoms with Gasteiger partial charge in [0.2, 0.25) is 5.91 Å². The van der Waals surface area contributed by atoms with Crippen LogP contribution in [0, 0.1) is 11.6 Å². The summed E-state index contributed by atoms with van der Waals surface area (Å²) in [6.07, 6.45) is 3.10. The van der Waals surface area contributed by atoms with E-state index in [9.17, 15) is 13.6 Å². The van der Waals surface area contributed by atoms with Gasteiger partial charge in [0, 0.05) is 26.1 Å². The Labute approximate surface area is 174 Å². The second-order valence-corrected chi connectivity index (χ2v) is 7.71. The molecule has 0 spiro atoms. The summed E-state index contributed by atoms with van der Waals surface area (Å²) in [6, 6.07) is 1.16. The van der Waals surface area contributed by atoms with Crippen LogP contribution in [0.2, 0.25) is 0 Å². The van der Waals surface area contributed by atoms with Crippen molar-refractivity contribution in [2.45, 2.75) is 64.7 Å². The van der Waals surface area contributed by atoms with Gasteiger partial charge in [-0.1, -0.05) is 0 Å². The van der Waals surface area contributed by atoms with Crippen molar-refractivity contribution in [3.8, 4) is 11.8 Å². The molecule has 30 heavy (non-hydrogen) atoms. The molecule has 0 radical (unpaired) electrons. The summed E-state index contributed by atoms with van der Waals surface area (Å²) in [4.78, 5) is 15.2. The number of nitrogens with zero attached hydrogens (tertiary/aromatic N) is 2. The van der Waals surface area contributed by atoms with Gasteiger partial charge in [-0.2, -0.15) is 4.98 Å². The van der Waals surface area contributed by atoms with E-state index >= 15 is 0 Å². The van der Waals surface area contributed by atoms with Gasteiger partial charge in [-0.15, -0.1) is 0 Å². The van der Waals surface area contributed by atoms with Crippen molar-refractivity contribution >= 4 is 16.9 Å². The van der Waals surface area contributed by atoms with E-state index in [2.05, 4.69) is 10.3 Å². The first-order valence-electron chi connectivity index (χ1n) is 10.3. The van der Waals surface area contributed by atoms with Crippen molar-refractivity contribution in [2.24, 2.45) is 7.05 Å². The number of rotatable bonds is 8. The zero-order chi connectivity index (χ0) is 21.8. The van der Waals surface area contributed by atoms with Crippen molar-refractivity contribution < 1.29 is 27.8 Å². The summed E-state index contributed by atoms with van der Waals surface area (Å²) in [5.74, 6) is -1.51. The van der Waals surface area contributed by atoms with Gasteiger partial charge >= 0.3 is 0 Å². The van der Waals surface area contributed by atoms with E-state index in [4.69, 9.17) is 14.2 Å². The highest BCUT2D eigenvalue weighted by Gasteiger charge is 2.27. The molecule has 1 aliphatic rings. The number of amides is 1. The van der Waals surface area contributed by atoms with Crippen molar-refractivity contribution in [1.29, 1.82) is 0 Å². The number of benzene rings is 1. The molecule has 1 fully saturated rings. The number of carbonyl (C=O) groups excluding carboxylic acids is 1. The van der Waals surface area contributed by atoms with E-state index in [0.29, 0.717) is 6.61 Å². The minimum absolute atomic E-state index is 0.0254. The number of halogens is 2. The molecule has 1 amide bonds. The molecule has 1 aromatic heterocycles.